The average molecular weight is 405 g/mol. The van der Waals surface area contributed by atoms with E-state index in [9.17, 15) is 4.79 Å². The van der Waals surface area contributed by atoms with Gasteiger partial charge >= 0.3 is 0 Å². The molecule has 0 atom stereocenters. The van der Waals surface area contributed by atoms with Crippen LogP contribution < -0.4 is 5.32 Å². The van der Waals surface area contributed by atoms with Gasteiger partial charge in [0.25, 0.3) is 0 Å². The monoisotopic (exact) mass is 404 g/mol. The first-order chi connectivity index (χ1) is 13.1. The molecular weight excluding hydrogens is 380 g/mol. The molecule has 5 nitrogen and oxygen atoms in total. The molecule has 2 aromatic rings. The van der Waals surface area contributed by atoms with Gasteiger partial charge in [-0.1, -0.05) is 60.8 Å². The predicted molar refractivity (Wildman–Crippen MR) is 111 cm³/mol. The van der Waals surface area contributed by atoms with Gasteiger partial charge in [-0.2, -0.15) is 0 Å². The molecule has 1 fully saturated rings. The van der Waals surface area contributed by atoms with Gasteiger partial charge in [-0.25, -0.2) is 0 Å². The maximum absolute atomic E-state index is 12.3. The second kappa shape index (κ2) is 9.42. The van der Waals surface area contributed by atoms with E-state index >= 15 is 0 Å². The number of rotatable bonds is 7. The number of nitrogens with one attached hydrogen (secondary N) is 1. The van der Waals surface area contributed by atoms with Gasteiger partial charge in [-0.05, 0) is 31.4 Å². The van der Waals surface area contributed by atoms with Crippen LogP contribution in [0, 0.1) is 6.92 Å². The maximum Gasteiger partial charge on any atom is 0.230 e. The SMILES string of the molecule is C=CCn1c(SCC(=O)NC2CCCCC2)nnc1-c1ccc(C)c(Cl)c1. The lowest BCUT2D eigenvalue weighted by Gasteiger charge is -2.22. The number of benzene rings is 1. The molecule has 1 aliphatic carbocycles. The van der Waals surface area contributed by atoms with Gasteiger partial charge in [-0.15, -0.1) is 16.8 Å². The fourth-order valence-electron chi connectivity index (χ4n) is 3.28. The standard InChI is InChI=1S/C20H25ClN4OS/c1-3-11-25-19(15-10-9-14(2)17(21)12-15)23-24-20(25)27-13-18(26)22-16-7-5-4-6-8-16/h3,9-10,12,16H,1,4-8,11,13H2,2H3,(H,22,26). The fraction of sp³-hybridized carbons (Fsp3) is 0.450. The third-order valence-corrected chi connectivity index (χ3v) is 6.14. The predicted octanol–water partition coefficient (Wildman–Crippen LogP) is 4.63. The van der Waals surface area contributed by atoms with Gasteiger partial charge in [0.2, 0.25) is 5.91 Å². The highest BCUT2D eigenvalue weighted by atomic mass is 35.5. The lowest BCUT2D eigenvalue weighted by Crippen LogP contribution is -2.37. The molecule has 1 aromatic heterocycles. The van der Waals surface area contributed by atoms with Gasteiger partial charge in [0.05, 0.1) is 5.75 Å². The van der Waals surface area contributed by atoms with Crippen LogP contribution in [-0.4, -0.2) is 32.5 Å². The van der Waals surface area contributed by atoms with E-state index in [0.29, 0.717) is 28.5 Å². The Balaban J connectivity index is 1.69. The molecule has 27 heavy (non-hydrogen) atoms. The Morgan fingerprint density at radius 2 is 2.15 bits per heavy atom. The molecule has 0 unspecified atom stereocenters. The van der Waals surface area contributed by atoms with Crippen molar-refractivity contribution in [2.45, 2.75) is 56.8 Å². The molecule has 1 aromatic carbocycles. The Bertz CT molecular complexity index is 814. The van der Waals surface area contributed by atoms with Crippen LogP contribution in [0.5, 0.6) is 0 Å². The van der Waals surface area contributed by atoms with Crippen LogP contribution in [0.25, 0.3) is 11.4 Å². The van der Waals surface area contributed by atoms with Gasteiger partial charge in [0.15, 0.2) is 11.0 Å². The molecule has 7 heteroatoms. The van der Waals surface area contributed by atoms with Crippen LogP contribution in [0.4, 0.5) is 0 Å². The van der Waals surface area contributed by atoms with Crippen molar-refractivity contribution in [1.82, 2.24) is 20.1 Å². The summed E-state index contributed by atoms with van der Waals surface area (Å²) in [6.45, 7) is 6.36. The summed E-state index contributed by atoms with van der Waals surface area (Å²) < 4.78 is 1.96. The quantitative estimate of drug-likeness (QED) is 0.539. The number of halogens is 1. The van der Waals surface area contributed by atoms with E-state index in [1.807, 2.05) is 29.7 Å². The van der Waals surface area contributed by atoms with Crippen molar-refractivity contribution in [3.05, 3.63) is 41.4 Å². The van der Waals surface area contributed by atoms with E-state index < -0.39 is 0 Å². The Labute approximate surface area is 169 Å². The molecule has 1 amide bonds. The van der Waals surface area contributed by atoms with Gasteiger partial charge in [0, 0.05) is 23.2 Å². The largest absolute Gasteiger partial charge is 0.353 e. The first kappa shape index (κ1) is 20.0. The number of aromatic nitrogens is 3. The normalized spacial score (nSPS) is 14.9. The zero-order valence-corrected chi connectivity index (χ0v) is 17.2. The van der Waals surface area contributed by atoms with Crippen molar-refractivity contribution in [1.29, 1.82) is 0 Å². The Kier molecular flexibility index (Phi) is 6.96. The Hall–Kier alpha value is -1.79. The second-order valence-electron chi connectivity index (χ2n) is 6.86. The summed E-state index contributed by atoms with van der Waals surface area (Å²) in [5, 5.41) is 13.2. The molecule has 144 valence electrons. The number of carbonyl (C=O) groups is 1. The van der Waals surface area contributed by atoms with Crippen LogP contribution in [-0.2, 0) is 11.3 Å². The molecule has 1 N–H and O–H groups in total. The van der Waals surface area contributed by atoms with E-state index in [1.165, 1.54) is 31.0 Å². The van der Waals surface area contributed by atoms with Crippen molar-refractivity contribution < 1.29 is 4.79 Å². The summed E-state index contributed by atoms with van der Waals surface area (Å²) in [4.78, 5) is 12.3. The van der Waals surface area contributed by atoms with Crippen molar-refractivity contribution >= 4 is 29.3 Å². The maximum atomic E-state index is 12.3. The molecule has 0 saturated heterocycles. The highest BCUT2D eigenvalue weighted by Gasteiger charge is 2.18. The minimum Gasteiger partial charge on any atom is -0.353 e. The van der Waals surface area contributed by atoms with Crippen molar-refractivity contribution in [2.24, 2.45) is 0 Å². The summed E-state index contributed by atoms with van der Waals surface area (Å²) in [7, 11) is 0. The molecule has 3 rings (SSSR count). The molecular formula is C20H25ClN4OS. The summed E-state index contributed by atoms with van der Waals surface area (Å²) in [6, 6.07) is 6.16. The number of amides is 1. The summed E-state index contributed by atoms with van der Waals surface area (Å²) in [5.41, 5.74) is 1.92. The lowest BCUT2D eigenvalue weighted by atomic mass is 9.95. The zero-order valence-electron chi connectivity index (χ0n) is 15.6. The number of hydrogen-bond donors (Lipinski definition) is 1. The Morgan fingerprint density at radius 3 is 2.85 bits per heavy atom. The van der Waals surface area contributed by atoms with Crippen LogP contribution in [0.15, 0.2) is 36.0 Å². The van der Waals surface area contributed by atoms with Crippen molar-refractivity contribution in [3.63, 3.8) is 0 Å². The highest BCUT2D eigenvalue weighted by Crippen LogP contribution is 2.27. The highest BCUT2D eigenvalue weighted by molar-refractivity contribution is 7.99. The third kappa shape index (κ3) is 5.14. The first-order valence-electron chi connectivity index (χ1n) is 9.31. The first-order valence-corrected chi connectivity index (χ1v) is 10.7. The topological polar surface area (TPSA) is 59.8 Å². The molecule has 0 radical (unpaired) electrons. The zero-order chi connectivity index (χ0) is 19.2. The van der Waals surface area contributed by atoms with Crippen LogP contribution in [0.1, 0.15) is 37.7 Å². The van der Waals surface area contributed by atoms with E-state index in [-0.39, 0.29) is 5.91 Å². The number of aryl methyl sites for hydroxylation is 1. The van der Waals surface area contributed by atoms with Gasteiger partial charge in [-0.3, -0.25) is 9.36 Å². The number of allylic oxidation sites excluding steroid dienone is 1. The summed E-state index contributed by atoms with van der Waals surface area (Å²) >= 11 is 7.66. The molecule has 1 aliphatic rings. The van der Waals surface area contributed by atoms with Crippen molar-refractivity contribution in [3.8, 4) is 11.4 Å². The Morgan fingerprint density at radius 1 is 1.37 bits per heavy atom. The average Bonchev–Trinajstić information content (AvgIpc) is 3.06. The number of thioether (sulfide) groups is 1. The minimum atomic E-state index is 0.0555. The minimum absolute atomic E-state index is 0.0555. The van der Waals surface area contributed by atoms with E-state index in [0.717, 1.165) is 29.8 Å². The number of carbonyl (C=O) groups excluding carboxylic acids is 1. The third-order valence-electron chi connectivity index (χ3n) is 4.76. The molecule has 0 spiro atoms. The van der Waals surface area contributed by atoms with E-state index in [4.69, 9.17) is 11.6 Å². The molecule has 0 aliphatic heterocycles. The van der Waals surface area contributed by atoms with Crippen LogP contribution >= 0.6 is 23.4 Å². The van der Waals surface area contributed by atoms with Crippen molar-refractivity contribution in [2.75, 3.05) is 5.75 Å². The summed E-state index contributed by atoms with van der Waals surface area (Å²) in [6.07, 6.45) is 7.65. The van der Waals surface area contributed by atoms with E-state index in [2.05, 4.69) is 22.1 Å². The second-order valence-corrected chi connectivity index (χ2v) is 8.21. The number of hydrogen-bond acceptors (Lipinski definition) is 4. The fourth-order valence-corrected chi connectivity index (χ4v) is 4.22. The summed E-state index contributed by atoms with van der Waals surface area (Å²) in [5.74, 6) is 1.12. The lowest BCUT2D eigenvalue weighted by molar-refractivity contribution is -0.119. The smallest absolute Gasteiger partial charge is 0.230 e. The van der Waals surface area contributed by atoms with Gasteiger partial charge in [0.1, 0.15) is 0 Å². The van der Waals surface area contributed by atoms with Crippen LogP contribution in [0.3, 0.4) is 0 Å². The van der Waals surface area contributed by atoms with E-state index in [1.54, 1.807) is 6.08 Å². The number of nitrogens with zero attached hydrogens (tertiary/aromatic N) is 3. The molecule has 1 saturated carbocycles. The van der Waals surface area contributed by atoms with Crippen LogP contribution in [0.2, 0.25) is 5.02 Å². The molecule has 0 bridgehead atoms. The molecule has 1 heterocycles. The van der Waals surface area contributed by atoms with Gasteiger partial charge < -0.3 is 5.32 Å².